The molecule has 0 bridgehead atoms. The Balaban J connectivity index is 1.11. The van der Waals surface area contributed by atoms with E-state index in [0.717, 1.165) is 65.9 Å². The Bertz CT molecular complexity index is 1450. The minimum atomic E-state index is -0.668. The van der Waals surface area contributed by atoms with Gasteiger partial charge in [-0.25, -0.2) is 0 Å². The molecule has 1 N–H and O–H groups in total. The van der Waals surface area contributed by atoms with Crippen molar-refractivity contribution in [2.24, 2.45) is 5.92 Å². The Hall–Kier alpha value is -3.52. The summed E-state index contributed by atoms with van der Waals surface area (Å²) in [5.74, 6) is 0.0501. The van der Waals surface area contributed by atoms with Crippen LogP contribution in [0.5, 0.6) is 0 Å². The van der Waals surface area contributed by atoms with E-state index in [4.69, 9.17) is 5.10 Å². The van der Waals surface area contributed by atoms with E-state index in [1.165, 1.54) is 12.8 Å². The highest BCUT2D eigenvalue weighted by molar-refractivity contribution is 6.27. The molecule has 0 spiro atoms. The minimum absolute atomic E-state index is 0.174. The second kappa shape index (κ2) is 9.05. The Morgan fingerprint density at radius 3 is 2.61 bits per heavy atom. The molecule has 2 atom stereocenters. The minimum Gasteiger partial charge on any atom is -0.300 e. The van der Waals surface area contributed by atoms with Gasteiger partial charge in [0.25, 0.3) is 5.91 Å². The van der Waals surface area contributed by atoms with Crippen molar-refractivity contribution in [3.05, 3.63) is 59.4 Å². The van der Waals surface area contributed by atoms with E-state index >= 15 is 0 Å². The standard InChI is InChI=1S/C30H33N5O3/c1-18(20-5-6-20)33-13-11-22(12-14-33)34-17-19(16-31-34)15-21-7-8-25-28-23(21)3-2-4-24(28)30(38)35(25)26-9-10-27(36)32-29(26)37/h2-4,7-8,16-18,20,22,26H,5-6,9-15H2,1H3,(H,32,36,37)/t18-,26?/m1/s1. The van der Waals surface area contributed by atoms with Crippen molar-refractivity contribution in [2.45, 2.75) is 70.0 Å². The number of carbonyl (C=O) groups is 3. The SMILES string of the molecule is C[C@H](C1CC1)N1CCC(n2cc(Cc3ccc4c5c(cccc35)C(=O)N4C3CCC(=O)NC3=O)cn2)CC1. The van der Waals surface area contributed by atoms with Crippen LogP contribution in [0.1, 0.15) is 73.0 Å². The molecule has 3 aromatic rings. The average molecular weight is 512 g/mol. The van der Waals surface area contributed by atoms with Gasteiger partial charge in [-0.2, -0.15) is 5.10 Å². The number of aromatic nitrogens is 2. The smallest absolute Gasteiger partial charge is 0.259 e. The van der Waals surface area contributed by atoms with Gasteiger partial charge in [-0.1, -0.05) is 18.2 Å². The molecule has 3 aliphatic heterocycles. The second-order valence-electron chi connectivity index (χ2n) is 11.5. The Labute approximate surface area is 222 Å². The molecule has 196 valence electrons. The lowest BCUT2D eigenvalue weighted by molar-refractivity contribution is -0.134. The molecule has 3 fully saturated rings. The highest BCUT2D eigenvalue weighted by Crippen LogP contribution is 2.41. The average Bonchev–Trinajstić information content (AvgIpc) is 3.61. The van der Waals surface area contributed by atoms with Crippen LogP contribution in [0.15, 0.2) is 42.7 Å². The lowest BCUT2D eigenvalue weighted by atomic mass is 9.97. The summed E-state index contributed by atoms with van der Waals surface area (Å²) in [7, 11) is 0. The molecule has 8 heteroatoms. The van der Waals surface area contributed by atoms with Crippen LogP contribution in [0.3, 0.4) is 0 Å². The van der Waals surface area contributed by atoms with Crippen molar-refractivity contribution in [2.75, 3.05) is 18.0 Å². The molecule has 4 aliphatic rings. The van der Waals surface area contributed by atoms with Crippen LogP contribution in [0.25, 0.3) is 10.8 Å². The summed E-state index contributed by atoms with van der Waals surface area (Å²) in [4.78, 5) is 41.9. The van der Waals surface area contributed by atoms with Crippen LogP contribution in [-0.2, 0) is 16.0 Å². The van der Waals surface area contributed by atoms with Crippen molar-refractivity contribution < 1.29 is 14.4 Å². The first kappa shape index (κ1) is 23.6. The van der Waals surface area contributed by atoms with Crippen molar-refractivity contribution in [1.82, 2.24) is 20.0 Å². The van der Waals surface area contributed by atoms with E-state index in [0.29, 0.717) is 24.1 Å². The molecule has 8 nitrogen and oxygen atoms in total. The molecular weight excluding hydrogens is 478 g/mol. The fourth-order valence-electron chi connectivity index (χ4n) is 6.78. The first-order chi connectivity index (χ1) is 18.5. The number of benzene rings is 2. The molecule has 1 saturated carbocycles. The largest absolute Gasteiger partial charge is 0.300 e. The molecule has 4 heterocycles. The van der Waals surface area contributed by atoms with E-state index in [-0.39, 0.29) is 18.2 Å². The quantitative estimate of drug-likeness (QED) is 0.509. The molecule has 1 unspecified atom stereocenters. The summed E-state index contributed by atoms with van der Waals surface area (Å²) >= 11 is 0. The summed E-state index contributed by atoms with van der Waals surface area (Å²) in [6, 6.07) is 10.3. The number of rotatable bonds is 6. The van der Waals surface area contributed by atoms with E-state index in [1.54, 1.807) is 4.90 Å². The third-order valence-corrected chi connectivity index (χ3v) is 9.14. The van der Waals surface area contributed by atoms with Gasteiger partial charge >= 0.3 is 0 Å². The molecule has 2 saturated heterocycles. The summed E-state index contributed by atoms with van der Waals surface area (Å²) in [5, 5.41) is 9.05. The third kappa shape index (κ3) is 3.93. The lowest BCUT2D eigenvalue weighted by Gasteiger charge is -2.36. The number of hydrogen-bond acceptors (Lipinski definition) is 5. The Kier molecular flexibility index (Phi) is 5.62. The maximum absolute atomic E-state index is 13.4. The first-order valence-electron chi connectivity index (χ1n) is 14.0. The van der Waals surface area contributed by atoms with Gasteiger partial charge in [-0.3, -0.25) is 29.3 Å². The van der Waals surface area contributed by atoms with E-state index in [9.17, 15) is 14.4 Å². The van der Waals surface area contributed by atoms with Gasteiger partial charge < -0.3 is 4.90 Å². The van der Waals surface area contributed by atoms with Crippen LogP contribution in [0.4, 0.5) is 5.69 Å². The number of piperidine rings is 2. The highest BCUT2D eigenvalue weighted by atomic mass is 16.2. The number of carbonyl (C=O) groups excluding carboxylic acids is 3. The molecule has 2 aromatic carbocycles. The van der Waals surface area contributed by atoms with Crippen molar-refractivity contribution in [3.63, 3.8) is 0 Å². The monoisotopic (exact) mass is 511 g/mol. The van der Waals surface area contributed by atoms with Crippen LogP contribution >= 0.6 is 0 Å². The third-order valence-electron chi connectivity index (χ3n) is 9.14. The number of anilines is 1. The maximum atomic E-state index is 13.4. The zero-order valence-corrected chi connectivity index (χ0v) is 21.7. The summed E-state index contributed by atoms with van der Waals surface area (Å²) < 4.78 is 2.16. The number of hydrogen-bond donors (Lipinski definition) is 1. The molecule has 1 aliphatic carbocycles. The van der Waals surface area contributed by atoms with E-state index < -0.39 is 11.9 Å². The van der Waals surface area contributed by atoms with Gasteiger partial charge in [0.1, 0.15) is 6.04 Å². The Morgan fingerprint density at radius 1 is 1.03 bits per heavy atom. The van der Waals surface area contributed by atoms with Gasteiger partial charge in [-0.15, -0.1) is 0 Å². The fraction of sp³-hybridized carbons (Fsp3) is 0.467. The topological polar surface area (TPSA) is 87.5 Å². The van der Waals surface area contributed by atoms with Crippen LogP contribution in [0, 0.1) is 5.92 Å². The van der Waals surface area contributed by atoms with Crippen molar-refractivity contribution in [3.8, 4) is 0 Å². The summed E-state index contributed by atoms with van der Waals surface area (Å²) in [6.07, 6.45) is 10.5. The molecule has 7 rings (SSSR count). The number of likely N-dealkylation sites (tertiary alicyclic amines) is 1. The van der Waals surface area contributed by atoms with Crippen LogP contribution in [-0.4, -0.2) is 57.6 Å². The van der Waals surface area contributed by atoms with E-state index in [2.05, 4.69) is 40.2 Å². The molecule has 38 heavy (non-hydrogen) atoms. The highest BCUT2D eigenvalue weighted by Gasteiger charge is 2.41. The predicted molar refractivity (Wildman–Crippen MR) is 144 cm³/mol. The van der Waals surface area contributed by atoms with Crippen LogP contribution in [0.2, 0.25) is 0 Å². The molecular formula is C30H33N5O3. The maximum Gasteiger partial charge on any atom is 0.259 e. The van der Waals surface area contributed by atoms with Gasteiger partial charge in [0.2, 0.25) is 11.8 Å². The van der Waals surface area contributed by atoms with Gasteiger partial charge in [-0.05, 0) is 73.6 Å². The van der Waals surface area contributed by atoms with Crippen molar-refractivity contribution >= 4 is 34.2 Å². The van der Waals surface area contributed by atoms with Gasteiger partial charge in [0, 0.05) is 49.1 Å². The zero-order valence-electron chi connectivity index (χ0n) is 21.7. The van der Waals surface area contributed by atoms with Crippen LogP contribution < -0.4 is 10.2 Å². The molecule has 0 radical (unpaired) electrons. The lowest BCUT2D eigenvalue weighted by Crippen LogP contribution is -2.53. The normalized spacial score (nSPS) is 23.3. The summed E-state index contributed by atoms with van der Waals surface area (Å²) in [5.41, 5.74) is 3.66. The van der Waals surface area contributed by atoms with Gasteiger partial charge in [0.15, 0.2) is 0 Å². The number of nitrogens with one attached hydrogen (secondary N) is 1. The number of amides is 3. The van der Waals surface area contributed by atoms with Gasteiger partial charge in [0.05, 0.1) is 17.9 Å². The van der Waals surface area contributed by atoms with Crippen molar-refractivity contribution in [1.29, 1.82) is 0 Å². The van der Waals surface area contributed by atoms with E-state index in [1.807, 2.05) is 24.4 Å². The first-order valence-corrected chi connectivity index (χ1v) is 14.0. The molecule has 1 aromatic heterocycles. The zero-order chi connectivity index (χ0) is 26.0. The fourth-order valence-corrected chi connectivity index (χ4v) is 6.78. The molecule has 3 amide bonds. The predicted octanol–water partition coefficient (Wildman–Crippen LogP) is 3.83. The number of imide groups is 1. The number of nitrogens with zero attached hydrogens (tertiary/aromatic N) is 4. The summed E-state index contributed by atoms with van der Waals surface area (Å²) in [6.45, 7) is 4.67. The second-order valence-corrected chi connectivity index (χ2v) is 11.5. The Morgan fingerprint density at radius 2 is 1.84 bits per heavy atom.